The lowest BCUT2D eigenvalue weighted by Gasteiger charge is -2.33. The van der Waals surface area contributed by atoms with Gasteiger partial charge in [0.15, 0.2) is 0 Å². The fourth-order valence-electron chi connectivity index (χ4n) is 2.31. The summed E-state index contributed by atoms with van der Waals surface area (Å²) in [5.41, 5.74) is 0. The van der Waals surface area contributed by atoms with Crippen molar-refractivity contribution in [1.29, 1.82) is 0 Å². The molecule has 0 radical (unpaired) electrons. The van der Waals surface area contributed by atoms with Crippen molar-refractivity contribution < 1.29 is 0 Å². The van der Waals surface area contributed by atoms with Crippen LogP contribution in [0.25, 0.3) is 0 Å². The summed E-state index contributed by atoms with van der Waals surface area (Å²) in [6.07, 6.45) is 5.99. The predicted octanol–water partition coefficient (Wildman–Crippen LogP) is 3.64. The van der Waals surface area contributed by atoms with E-state index in [2.05, 4.69) is 26.7 Å². The molecule has 0 amide bonds. The molecule has 1 aliphatic rings. The van der Waals surface area contributed by atoms with Crippen LogP contribution in [-0.4, -0.2) is 18.2 Å². The molecular formula is C9H17BrMg. The average molecular weight is 229 g/mol. The summed E-state index contributed by atoms with van der Waals surface area (Å²) in [6, 6.07) is 0. The van der Waals surface area contributed by atoms with Crippen LogP contribution in [0.15, 0.2) is 0 Å². The zero-order chi connectivity index (χ0) is 8.27. The summed E-state index contributed by atoms with van der Waals surface area (Å²) in [5.74, 6) is 1.97. The van der Waals surface area contributed by atoms with Crippen LogP contribution in [-0.2, 0) is 0 Å². The molecule has 0 saturated heterocycles. The summed E-state index contributed by atoms with van der Waals surface area (Å²) < 4.78 is 1.10. The van der Waals surface area contributed by atoms with Gasteiger partial charge in [-0.1, -0.05) is 45.4 Å². The van der Waals surface area contributed by atoms with Gasteiger partial charge in [-0.25, -0.2) is 0 Å². The number of hydrogen-bond donors (Lipinski definition) is 0. The highest BCUT2D eigenvalue weighted by atomic mass is 79.9. The molecule has 0 bridgehead atoms. The van der Waals surface area contributed by atoms with Gasteiger partial charge in [0.2, 0.25) is 0 Å². The topological polar surface area (TPSA) is 0 Å². The Morgan fingerprint density at radius 1 is 1.27 bits per heavy atom. The third-order valence-electron chi connectivity index (χ3n) is 3.02. The first-order valence-corrected chi connectivity index (χ1v) is 9.53. The van der Waals surface area contributed by atoms with E-state index in [1.165, 1.54) is 25.7 Å². The molecule has 2 heteroatoms. The van der Waals surface area contributed by atoms with E-state index in [4.69, 9.17) is 0 Å². The van der Waals surface area contributed by atoms with Crippen molar-refractivity contribution >= 4 is 31.1 Å². The lowest BCUT2D eigenvalue weighted by Crippen LogP contribution is -2.21. The second-order valence-electron chi connectivity index (χ2n) is 4.11. The van der Waals surface area contributed by atoms with Crippen molar-refractivity contribution in [3.05, 3.63) is 0 Å². The van der Waals surface area contributed by atoms with Crippen molar-refractivity contribution in [2.45, 2.75) is 43.6 Å². The van der Waals surface area contributed by atoms with Crippen LogP contribution in [0.4, 0.5) is 0 Å². The monoisotopic (exact) mass is 228 g/mol. The van der Waals surface area contributed by atoms with Gasteiger partial charge in [0.05, 0.1) is 0 Å². The van der Waals surface area contributed by atoms with Crippen LogP contribution in [0.3, 0.4) is 0 Å². The van der Waals surface area contributed by atoms with Gasteiger partial charge in [0, 0.05) is 0 Å². The SMILES string of the molecule is CC(C)C1CCCC[CH]1[Mg][Br]. The maximum Gasteiger partial charge on any atom is 0.472 e. The van der Waals surface area contributed by atoms with E-state index in [9.17, 15) is 0 Å². The highest BCUT2D eigenvalue weighted by molar-refractivity contribution is 9.23. The van der Waals surface area contributed by atoms with Crippen LogP contribution in [0, 0.1) is 11.8 Å². The summed E-state index contributed by atoms with van der Waals surface area (Å²) in [6.45, 7) is 4.78. The molecule has 0 aromatic heterocycles. The maximum absolute atomic E-state index is 3.76. The van der Waals surface area contributed by atoms with Crippen LogP contribution >= 0.6 is 12.9 Å². The third kappa shape index (κ3) is 2.89. The molecule has 2 atom stereocenters. The highest BCUT2D eigenvalue weighted by Crippen LogP contribution is 2.39. The Hall–Kier alpha value is 1.25. The van der Waals surface area contributed by atoms with Gasteiger partial charge in [-0.3, -0.25) is 0 Å². The molecule has 0 aliphatic heterocycles. The van der Waals surface area contributed by atoms with Crippen LogP contribution in [0.2, 0.25) is 4.05 Å². The second-order valence-corrected chi connectivity index (χ2v) is 7.41. The number of rotatable bonds is 2. The molecule has 1 saturated carbocycles. The standard InChI is InChI=1S/C9H17.BrH.Mg/c1-8(2)9-6-4-3-5-7-9;;/h6,8-9H,3-5,7H2,1-2H3;1H;/q;;+1/p-1. The number of hydrogen-bond acceptors (Lipinski definition) is 0. The minimum atomic E-state index is 0.0905. The molecule has 0 heterocycles. The average Bonchev–Trinajstić information content (AvgIpc) is 2.04. The normalized spacial score (nSPS) is 32.0. The zero-order valence-electron chi connectivity index (χ0n) is 7.65. The van der Waals surface area contributed by atoms with Gasteiger partial charge < -0.3 is 12.9 Å². The molecule has 1 aliphatic carbocycles. The summed E-state index contributed by atoms with van der Waals surface area (Å²) in [7, 11) is 0. The minimum absolute atomic E-state index is 0.0905. The molecule has 0 nitrogen and oxygen atoms in total. The maximum atomic E-state index is 3.76. The van der Waals surface area contributed by atoms with E-state index in [1.807, 2.05) is 0 Å². The Morgan fingerprint density at radius 3 is 2.36 bits per heavy atom. The third-order valence-corrected chi connectivity index (χ3v) is 6.93. The molecule has 1 rings (SSSR count). The van der Waals surface area contributed by atoms with Crippen molar-refractivity contribution in [3.63, 3.8) is 0 Å². The van der Waals surface area contributed by atoms with E-state index >= 15 is 0 Å². The Bertz CT molecular complexity index is 114. The molecule has 2 unspecified atom stereocenters. The molecule has 11 heavy (non-hydrogen) atoms. The van der Waals surface area contributed by atoms with Gasteiger partial charge in [-0.2, -0.15) is 0 Å². The molecule has 0 aromatic rings. The predicted molar refractivity (Wildman–Crippen MR) is 55.2 cm³/mol. The molecule has 0 N–H and O–H groups in total. The highest BCUT2D eigenvalue weighted by Gasteiger charge is 2.27. The summed E-state index contributed by atoms with van der Waals surface area (Å²) in [4.78, 5) is 0. The Labute approximate surface area is 86.1 Å². The quantitative estimate of drug-likeness (QED) is 0.634. The zero-order valence-corrected chi connectivity index (χ0v) is 10.6. The van der Waals surface area contributed by atoms with E-state index in [1.54, 1.807) is 0 Å². The van der Waals surface area contributed by atoms with Crippen LogP contribution < -0.4 is 0 Å². The van der Waals surface area contributed by atoms with E-state index < -0.39 is 0 Å². The fraction of sp³-hybridized carbons (Fsp3) is 1.00. The number of halogens is 1. The molecule has 62 valence electrons. The molecule has 0 aromatic carbocycles. The summed E-state index contributed by atoms with van der Waals surface area (Å²) >= 11 is 3.85. The van der Waals surface area contributed by atoms with Crippen molar-refractivity contribution in [2.75, 3.05) is 0 Å². The van der Waals surface area contributed by atoms with Gasteiger partial charge in [-0.05, 0) is 5.92 Å². The Balaban J connectivity index is 2.44. The molecule has 1 fully saturated rings. The van der Waals surface area contributed by atoms with Crippen LogP contribution in [0.1, 0.15) is 39.5 Å². The molecule has 0 spiro atoms. The first kappa shape index (κ1) is 10.3. The lowest BCUT2D eigenvalue weighted by molar-refractivity contribution is 0.279. The fourth-order valence-corrected chi connectivity index (χ4v) is 6.17. The summed E-state index contributed by atoms with van der Waals surface area (Å²) in [5, 5.41) is 0. The van der Waals surface area contributed by atoms with Gasteiger partial charge in [-0.15, -0.1) is 4.05 Å². The minimum Gasteiger partial charge on any atom is -0.306 e. The Morgan fingerprint density at radius 2 is 1.91 bits per heavy atom. The first-order chi connectivity index (χ1) is 5.25. The molecular weight excluding hydrogens is 212 g/mol. The van der Waals surface area contributed by atoms with E-state index in [-0.39, 0.29) is 18.2 Å². The smallest absolute Gasteiger partial charge is 0.306 e. The van der Waals surface area contributed by atoms with Crippen molar-refractivity contribution in [2.24, 2.45) is 11.8 Å². The van der Waals surface area contributed by atoms with Gasteiger partial charge >= 0.3 is 18.2 Å². The van der Waals surface area contributed by atoms with Crippen molar-refractivity contribution in [1.82, 2.24) is 0 Å². The first-order valence-electron chi connectivity index (χ1n) is 4.81. The Kier molecular flexibility index (Phi) is 4.77. The second kappa shape index (κ2) is 5.08. The van der Waals surface area contributed by atoms with E-state index in [0.29, 0.717) is 0 Å². The van der Waals surface area contributed by atoms with Crippen molar-refractivity contribution in [3.8, 4) is 0 Å². The largest absolute Gasteiger partial charge is 0.472 e. The van der Waals surface area contributed by atoms with E-state index in [0.717, 1.165) is 15.9 Å². The van der Waals surface area contributed by atoms with Crippen LogP contribution in [0.5, 0.6) is 0 Å². The van der Waals surface area contributed by atoms with Gasteiger partial charge in [0.25, 0.3) is 0 Å². The van der Waals surface area contributed by atoms with Gasteiger partial charge in [0.1, 0.15) is 0 Å². The lowest BCUT2D eigenvalue weighted by atomic mass is 9.81.